The van der Waals surface area contributed by atoms with Crippen LogP contribution in [0.25, 0.3) is 0 Å². The van der Waals surface area contributed by atoms with Gasteiger partial charge in [-0.3, -0.25) is 0 Å². The molecule has 0 radical (unpaired) electrons. The summed E-state index contributed by atoms with van der Waals surface area (Å²) in [6, 6.07) is 4.25. The number of benzene rings is 1. The third kappa shape index (κ3) is 3.01. The molecule has 0 aliphatic carbocycles. The van der Waals surface area contributed by atoms with Crippen LogP contribution in [0.15, 0.2) is 12.1 Å². The van der Waals surface area contributed by atoms with Crippen molar-refractivity contribution in [3.05, 3.63) is 17.7 Å². The van der Waals surface area contributed by atoms with E-state index in [-0.39, 0.29) is 0 Å². The molecule has 1 aromatic carbocycles. The van der Waals surface area contributed by atoms with E-state index in [0.717, 1.165) is 38.4 Å². The topological polar surface area (TPSA) is 44.5 Å². The molecule has 2 aliphatic heterocycles. The van der Waals surface area contributed by atoms with Gasteiger partial charge < -0.3 is 20.9 Å². The van der Waals surface area contributed by atoms with Crippen molar-refractivity contribution in [2.75, 3.05) is 55.7 Å². The number of hydrogen-bond donors (Lipinski definition) is 2. The van der Waals surface area contributed by atoms with Gasteiger partial charge in [-0.25, -0.2) is 0 Å². The third-order valence-corrected chi connectivity index (χ3v) is 4.04. The van der Waals surface area contributed by atoms with Crippen LogP contribution in [0.5, 0.6) is 0 Å². The summed E-state index contributed by atoms with van der Waals surface area (Å²) in [5.41, 5.74) is 11.1. The summed E-state index contributed by atoms with van der Waals surface area (Å²) in [6.45, 7) is 9.43. The SMILES string of the molecule is CC.CN1CCN(c2c(N)ccc3c2NCCC3)CC1. The molecule has 0 spiro atoms. The van der Waals surface area contributed by atoms with E-state index in [0.29, 0.717) is 0 Å². The fourth-order valence-corrected chi connectivity index (χ4v) is 2.92. The Morgan fingerprint density at radius 3 is 2.50 bits per heavy atom. The van der Waals surface area contributed by atoms with Crippen molar-refractivity contribution in [1.82, 2.24) is 4.90 Å². The second kappa shape index (κ2) is 6.84. The number of rotatable bonds is 1. The lowest BCUT2D eigenvalue weighted by atomic mass is 10.0. The van der Waals surface area contributed by atoms with E-state index in [2.05, 4.69) is 34.3 Å². The zero-order chi connectivity index (χ0) is 14.5. The Bertz CT molecular complexity index is 436. The molecule has 4 nitrogen and oxygen atoms in total. The van der Waals surface area contributed by atoms with Crippen molar-refractivity contribution < 1.29 is 0 Å². The predicted octanol–water partition coefficient (Wildman–Crippen LogP) is 2.40. The first-order valence-electron chi connectivity index (χ1n) is 7.84. The standard InChI is InChI=1S/C14H22N4.C2H6/c1-17-7-9-18(10-8-17)14-12(15)5-4-11-3-2-6-16-13(11)14;1-2/h4-5,16H,2-3,6-10,15H2,1H3;1-2H3. The average molecular weight is 276 g/mol. The van der Waals surface area contributed by atoms with Crippen molar-refractivity contribution >= 4 is 17.1 Å². The van der Waals surface area contributed by atoms with E-state index in [1.54, 1.807) is 0 Å². The van der Waals surface area contributed by atoms with Gasteiger partial charge in [0.2, 0.25) is 0 Å². The zero-order valence-electron chi connectivity index (χ0n) is 13.1. The van der Waals surface area contributed by atoms with Crippen molar-refractivity contribution in [2.45, 2.75) is 26.7 Å². The smallest absolute Gasteiger partial charge is 0.0839 e. The Labute approximate surface area is 122 Å². The monoisotopic (exact) mass is 276 g/mol. The quantitative estimate of drug-likeness (QED) is 0.773. The molecule has 20 heavy (non-hydrogen) atoms. The largest absolute Gasteiger partial charge is 0.397 e. The lowest BCUT2D eigenvalue weighted by Gasteiger charge is -2.37. The molecule has 2 heterocycles. The first kappa shape index (κ1) is 15.0. The molecular formula is C16H28N4. The molecule has 1 aromatic rings. The first-order chi connectivity index (χ1) is 9.75. The molecule has 0 saturated carbocycles. The predicted molar refractivity (Wildman–Crippen MR) is 88.7 cm³/mol. The van der Waals surface area contributed by atoms with Crippen LogP contribution in [-0.2, 0) is 6.42 Å². The van der Waals surface area contributed by atoms with Gasteiger partial charge in [-0.15, -0.1) is 0 Å². The lowest BCUT2D eigenvalue weighted by Crippen LogP contribution is -2.45. The summed E-state index contributed by atoms with van der Waals surface area (Å²) in [5.74, 6) is 0. The summed E-state index contributed by atoms with van der Waals surface area (Å²) >= 11 is 0. The molecule has 3 N–H and O–H groups in total. The summed E-state index contributed by atoms with van der Waals surface area (Å²) in [7, 11) is 2.18. The highest BCUT2D eigenvalue weighted by atomic mass is 15.3. The van der Waals surface area contributed by atoms with Crippen molar-refractivity contribution in [1.29, 1.82) is 0 Å². The van der Waals surface area contributed by atoms with Crippen molar-refractivity contribution in [2.24, 2.45) is 0 Å². The van der Waals surface area contributed by atoms with E-state index >= 15 is 0 Å². The van der Waals surface area contributed by atoms with E-state index in [9.17, 15) is 0 Å². The Balaban J connectivity index is 0.000000704. The van der Waals surface area contributed by atoms with E-state index < -0.39 is 0 Å². The summed E-state index contributed by atoms with van der Waals surface area (Å²) in [5, 5.41) is 3.55. The van der Waals surface area contributed by atoms with E-state index in [4.69, 9.17) is 5.73 Å². The van der Waals surface area contributed by atoms with Gasteiger partial charge in [0, 0.05) is 32.7 Å². The van der Waals surface area contributed by atoms with Gasteiger partial charge in [0.25, 0.3) is 0 Å². The number of fused-ring (bicyclic) bond motifs is 1. The van der Waals surface area contributed by atoms with Gasteiger partial charge in [0.1, 0.15) is 0 Å². The number of nitrogen functional groups attached to an aromatic ring is 1. The molecule has 1 fully saturated rings. The number of nitrogens with zero attached hydrogens (tertiary/aromatic N) is 2. The van der Waals surface area contributed by atoms with Gasteiger partial charge in [-0.2, -0.15) is 0 Å². The molecule has 2 aliphatic rings. The summed E-state index contributed by atoms with van der Waals surface area (Å²) < 4.78 is 0. The lowest BCUT2D eigenvalue weighted by molar-refractivity contribution is 0.313. The van der Waals surface area contributed by atoms with Gasteiger partial charge in [0.15, 0.2) is 0 Å². The van der Waals surface area contributed by atoms with Crippen LogP contribution in [-0.4, -0.2) is 44.7 Å². The number of aryl methyl sites for hydroxylation is 1. The Morgan fingerprint density at radius 2 is 1.80 bits per heavy atom. The minimum absolute atomic E-state index is 0.910. The molecule has 4 heteroatoms. The van der Waals surface area contributed by atoms with Crippen LogP contribution < -0.4 is 16.0 Å². The molecule has 1 saturated heterocycles. The van der Waals surface area contributed by atoms with Crippen LogP contribution >= 0.6 is 0 Å². The Kier molecular flexibility index (Phi) is 5.12. The van der Waals surface area contributed by atoms with Crippen LogP contribution in [0.3, 0.4) is 0 Å². The maximum absolute atomic E-state index is 6.21. The molecule has 0 atom stereocenters. The Morgan fingerprint density at radius 1 is 1.10 bits per heavy atom. The van der Waals surface area contributed by atoms with E-state index in [1.807, 2.05) is 13.8 Å². The highest BCUT2D eigenvalue weighted by Crippen LogP contribution is 2.38. The maximum atomic E-state index is 6.21. The first-order valence-corrected chi connectivity index (χ1v) is 7.84. The molecule has 0 aromatic heterocycles. The second-order valence-corrected chi connectivity index (χ2v) is 5.36. The molecule has 3 rings (SSSR count). The average Bonchev–Trinajstić information content (AvgIpc) is 2.50. The number of anilines is 3. The van der Waals surface area contributed by atoms with E-state index in [1.165, 1.54) is 29.8 Å². The summed E-state index contributed by atoms with van der Waals surface area (Å²) in [6.07, 6.45) is 2.39. The van der Waals surface area contributed by atoms with Gasteiger partial charge in [0.05, 0.1) is 17.1 Å². The fourth-order valence-electron chi connectivity index (χ4n) is 2.92. The number of likely N-dealkylation sites (N-methyl/N-ethyl adjacent to an activating group) is 1. The molecule has 0 bridgehead atoms. The van der Waals surface area contributed by atoms with Crippen LogP contribution in [0.4, 0.5) is 17.1 Å². The molecule has 112 valence electrons. The number of nitrogens with two attached hydrogens (primary N) is 1. The zero-order valence-corrected chi connectivity index (χ0v) is 13.1. The normalized spacial score (nSPS) is 18.6. The number of hydrogen-bond acceptors (Lipinski definition) is 4. The second-order valence-electron chi connectivity index (χ2n) is 5.36. The highest BCUT2D eigenvalue weighted by molar-refractivity contribution is 5.85. The maximum Gasteiger partial charge on any atom is 0.0839 e. The molecule has 0 amide bonds. The highest BCUT2D eigenvalue weighted by Gasteiger charge is 2.22. The van der Waals surface area contributed by atoms with Crippen molar-refractivity contribution in [3.63, 3.8) is 0 Å². The van der Waals surface area contributed by atoms with Gasteiger partial charge in [-0.1, -0.05) is 19.9 Å². The number of piperazine rings is 1. The van der Waals surface area contributed by atoms with Crippen LogP contribution in [0.2, 0.25) is 0 Å². The van der Waals surface area contributed by atoms with Crippen LogP contribution in [0, 0.1) is 0 Å². The fraction of sp³-hybridized carbons (Fsp3) is 0.625. The number of nitrogens with one attached hydrogen (secondary N) is 1. The third-order valence-electron chi connectivity index (χ3n) is 4.04. The van der Waals surface area contributed by atoms with Crippen molar-refractivity contribution in [3.8, 4) is 0 Å². The molecular weight excluding hydrogens is 248 g/mol. The van der Waals surface area contributed by atoms with Crippen LogP contribution in [0.1, 0.15) is 25.8 Å². The summed E-state index contributed by atoms with van der Waals surface area (Å²) in [4.78, 5) is 4.81. The van der Waals surface area contributed by atoms with Gasteiger partial charge in [-0.05, 0) is 31.5 Å². The molecule has 0 unspecified atom stereocenters. The minimum Gasteiger partial charge on any atom is -0.397 e. The minimum atomic E-state index is 0.910. The van der Waals surface area contributed by atoms with Gasteiger partial charge >= 0.3 is 0 Å². The Hall–Kier alpha value is -1.42.